The molecular weight excluding hydrogens is 274 g/mol. The lowest BCUT2D eigenvalue weighted by molar-refractivity contribution is 0.295. The molecule has 22 heavy (non-hydrogen) atoms. The highest BCUT2D eigenvalue weighted by atomic mass is 16.5. The zero-order valence-electron chi connectivity index (χ0n) is 13.1. The molecule has 0 aliphatic heterocycles. The summed E-state index contributed by atoms with van der Waals surface area (Å²) in [6, 6.07) is 19.9. The van der Waals surface area contributed by atoms with E-state index in [2.05, 4.69) is 6.07 Å². The summed E-state index contributed by atoms with van der Waals surface area (Å²) >= 11 is 0. The highest BCUT2D eigenvalue weighted by Gasteiger charge is 2.25. The fourth-order valence-corrected chi connectivity index (χ4v) is 2.36. The molecule has 0 heterocycles. The number of benzene rings is 2. The van der Waals surface area contributed by atoms with Gasteiger partial charge in [0.15, 0.2) is 0 Å². The van der Waals surface area contributed by atoms with Gasteiger partial charge in [0.1, 0.15) is 11.5 Å². The van der Waals surface area contributed by atoms with Crippen LogP contribution in [0.25, 0.3) is 0 Å². The van der Waals surface area contributed by atoms with Gasteiger partial charge in [0, 0.05) is 0 Å². The number of hydrogen-bond acceptors (Lipinski definition) is 3. The largest absolute Gasteiger partial charge is 0.497 e. The van der Waals surface area contributed by atoms with Crippen LogP contribution in [0, 0.1) is 11.3 Å². The fourth-order valence-electron chi connectivity index (χ4n) is 2.36. The van der Waals surface area contributed by atoms with Gasteiger partial charge in [0.2, 0.25) is 0 Å². The van der Waals surface area contributed by atoms with Crippen molar-refractivity contribution in [3.05, 3.63) is 60.2 Å². The molecule has 114 valence electrons. The van der Waals surface area contributed by atoms with E-state index in [0.29, 0.717) is 6.61 Å². The van der Waals surface area contributed by atoms with Crippen molar-refractivity contribution < 1.29 is 9.47 Å². The van der Waals surface area contributed by atoms with Gasteiger partial charge >= 0.3 is 0 Å². The molecule has 0 aliphatic rings. The van der Waals surface area contributed by atoms with E-state index in [0.717, 1.165) is 29.9 Å². The minimum Gasteiger partial charge on any atom is -0.497 e. The molecule has 0 aliphatic carbocycles. The lowest BCUT2D eigenvalue weighted by Gasteiger charge is -2.22. The minimum atomic E-state index is -0.468. The van der Waals surface area contributed by atoms with Crippen molar-refractivity contribution in [2.75, 3.05) is 13.7 Å². The van der Waals surface area contributed by atoms with Crippen LogP contribution in [-0.4, -0.2) is 13.7 Å². The standard InChI is InChI=1S/C19H21NO2/c1-19(15-20,16-7-4-3-5-8-16)13-6-14-22-18-11-9-17(21-2)10-12-18/h3-5,7-12H,6,13-14H2,1-2H3. The maximum Gasteiger partial charge on any atom is 0.119 e. The van der Waals surface area contributed by atoms with Crippen LogP contribution >= 0.6 is 0 Å². The van der Waals surface area contributed by atoms with Crippen molar-refractivity contribution in [3.63, 3.8) is 0 Å². The van der Waals surface area contributed by atoms with Gasteiger partial charge < -0.3 is 9.47 Å². The Labute approximate surface area is 132 Å². The summed E-state index contributed by atoms with van der Waals surface area (Å²) in [6.07, 6.45) is 1.59. The van der Waals surface area contributed by atoms with Crippen LogP contribution in [0.4, 0.5) is 0 Å². The molecule has 0 N–H and O–H groups in total. The van der Waals surface area contributed by atoms with E-state index >= 15 is 0 Å². The van der Waals surface area contributed by atoms with Crippen molar-refractivity contribution in [2.24, 2.45) is 0 Å². The predicted molar refractivity (Wildman–Crippen MR) is 87.1 cm³/mol. The first-order valence-electron chi connectivity index (χ1n) is 7.41. The van der Waals surface area contributed by atoms with E-state index in [1.54, 1.807) is 7.11 Å². The van der Waals surface area contributed by atoms with E-state index in [9.17, 15) is 5.26 Å². The number of hydrogen-bond donors (Lipinski definition) is 0. The highest BCUT2D eigenvalue weighted by molar-refractivity contribution is 5.32. The Hall–Kier alpha value is -2.47. The minimum absolute atomic E-state index is 0.468. The SMILES string of the molecule is COc1ccc(OCCCC(C)(C#N)c2ccccc2)cc1. The molecule has 0 fully saturated rings. The second kappa shape index (κ2) is 7.51. The molecule has 0 aromatic heterocycles. The molecule has 0 radical (unpaired) electrons. The molecule has 3 heteroatoms. The van der Waals surface area contributed by atoms with Gasteiger partial charge in [-0.15, -0.1) is 0 Å². The lowest BCUT2D eigenvalue weighted by Crippen LogP contribution is -2.20. The van der Waals surface area contributed by atoms with E-state index in [-0.39, 0.29) is 0 Å². The van der Waals surface area contributed by atoms with E-state index in [1.165, 1.54) is 0 Å². The Balaban J connectivity index is 1.85. The Morgan fingerprint density at radius 3 is 2.23 bits per heavy atom. The van der Waals surface area contributed by atoms with Crippen LogP contribution in [0.1, 0.15) is 25.3 Å². The highest BCUT2D eigenvalue weighted by Crippen LogP contribution is 2.28. The summed E-state index contributed by atoms with van der Waals surface area (Å²) in [5, 5.41) is 9.51. The number of nitrogens with zero attached hydrogens (tertiary/aromatic N) is 1. The molecule has 1 atom stereocenters. The van der Waals surface area contributed by atoms with Crippen LogP contribution in [-0.2, 0) is 5.41 Å². The molecule has 0 saturated carbocycles. The smallest absolute Gasteiger partial charge is 0.119 e. The Bertz CT molecular complexity index is 616. The normalized spacial score (nSPS) is 13.0. The monoisotopic (exact) mass is 295 g/mol. The Kier molecular flexibility index (Phi) is 5.43. The summed E-state index contributed by atoms with van der Waals surface area (Å²) in [4.78, 5) is 0. The average Bonchev–Trinajstić information content (AvgIpc) is 2.60. The zero-order chi connectivity index (χ0) is 15.8. The van der Waals surface area contributed by atoms with Gasteiger partial charge in [0.25, 0.3) is 0 Å². The van der Waals surface area contributed by atoms with Crippen LogP contribution in [0.3, 0.4) is 0 Å². The number of ether oxygens (including phenoxy) is 2. The third-order valence-corrected chi connectivity index (χ3v) is 3.81. The van der Waals surface area contributed by atoms with E-state index in [1.807, 2.05) is 61.5 Å². The third kappa shape index (κ3) is 4.02. The van der Waals surface area contributed by atoms with E-state index < -0.39 is 5.41 Å². The molecule has 2 aromatic carbocycles. The van der Waals surface area contributed by atoms with Gasteiger partial charge in [-0.05, 0) is 49.6 Å². The lowest BCUT2D eigenvalue weighted by atomic mass is 9.80. The Morgan fingerprint density at radius 1 is 1.00 bits per heavy atom. The molecule has 2 rings (SSSR count). The van der Waals surface area contributed by atoms with Gasteiger partial charge in [-0.2, -0.15) is 5.26 Å². The first-order chi connectivity index (χ1) is 10.7. The summed E-state index contributed by atoms with van der Waals surface area (Å²) in [5.74, 6) is 1.63. The maximum atomic E-state index is 9.51. The quantitative estimate of drug-likeness (QED) is 0.714. The number of rotatable bonds is 7. The molecule has 2 aromatic rings. The third-order valence-electron chi connectivity index (χ3n) is 3.81. The first-order valence-corrected chi connectivity index (χ1v) is 7.41. The fraction of sp³-hybridized carbons (Fsp3) is 0.316. The summed E-state index contributed by atoms with van der Waals surface area (Å²) in [7, 11) is 1.64. The number of nitriles is 1. The molecular formula is C19H21NO2. The maximum absolute atomic E-state index is 9.51. The van der Waals surface area contributed by atoms with E-state index in [4.69, 9.17) is 9.47 Å². The van der Waals surface area contributed by atoms with Crippen molar-refractivity contribution in [2.45, 2.75) is 25.2 Å². The summed E-state index contributed by atoms with van der Waals surface area (Å²) < 4.78 is 10.8. The van der Waals surface area contributed by atoms with Crippen LogP contribution < -0.4 is 9.47 Å². The van der Waals surface area contributed by atoms with Gasteiger partial charge in [0.05, 0.1) is 25.2 Å². The predicted octanol–water partition coefficient (Wildman–Crippen LogP) is 4.34. The summed E-state index contributed by atoms with van der Waals surface area (Å²) in [6.45, 7) is 2.58. The van der Waals surface area contributed by atoms with Crippen molar-refractivity contribution in [1.29, 1.82) is 5.26 Å². The van der Waals surface area contributed by atoms with Crippen LogP contribution in [0.2, 0.25) is 0 Å². The zero-order valence-corrected chi connectivity index (χ0v) is 13.1. The van der Waals surface area contributed by atoms with Crippen LogP contribution in [0.5, 0.6) is 11.5 Å². The van der Waals surface area contributed by atoms with Crippen LogP contribution in [0.15, 0.2) is 54.6 Å². The molecule has 1 unspecified atom stereocenters. The second-order valence-electron chi connectivity index (χ2n) is 5.44. The topological polar surface area (TPSA) is 42.2 Å². The van der Waals surface area contributed by atoms with Gasteiger partial charge in [-0.3, -0.25) is 0 Å². The van der Waals surface area contributed by atoms with Gasteiger partial charge in [-0.1, -0.05) is 30.3 Å². The molecule has 0 saturated heterocycles. The summed E-state index contributed by atoms with van der Waals surface area (Å²) in [5.41, 5.74) is 0.590. The van der Waals surface area contributed by atoms with Crippen molar-refractivity contribution >= 4 is 0 Å². The molecule has 3 nitrogen and oxygen atoms in total. The van der Waals surface area contributed by atoms with Gasteiger partial charge in [-0.25, -0.2) is 0 Å². The number of methoxy groups -OCH3 is 1. The average molecular weight is 295 g/mol. The Morgan fingerprint density at radius 2 is 1.64 bits per heavy atom. The molecule has 0 amide bonds. The molecule has 0 bridgehead atoms. The van der Waals surface area contributed by atoms with Crippen molar-refractivity contribution in [1.82, 2.24) is 0 Å². The molecule has 0 spiro atoms. The first kappa shape index (κ1) is 15.9. The second-order valence-corrected chi connectivity index (χ2v) is 5.44. The van der Waals surface area contributed by atoms with Crippen molar-refractivity contribution in [3.8, 4) is 17.6 Å².